The van der Waals surface area contributed by atoms with Crippen LogP contribution >= 0.6 is 0 Å². The van der Waals surface area contributed by atoms with Crippen molar-refractivity contribution in [3.05, 3.63) is 125 Å². The van der Waals surface area contributed by atoms with Crippen molar-refractivity contribution in [1.29, 1.82) is 0 Å². The minimum atomic E-state index is -1.40. The van der Waals surface area contributed by atoms with Gasteiger partial charge in [0.15, 0.2) is 0 Å². The minimum absolute atomic E-state index is 0.0380. The standard InChI is InChI=1S/C39H39N3O7/c1-23(43)36(42-39(46)49-22-32-28-12-6-4-10-26(28)27-11-5-7-13-29(27)32)37(44)41-35(38(45)48-3)21-31-30-14-8-9-15-33(30)40-34(31)20-24-16-18-25(47-2)19-17-24/h4-19,23,32,35-36,40,43H,20-22H2,1-3H3,(H,41,44)(H,42,46)/t23?,35-,36?/m0/s1. The van der Waals surface area contributed by atoms with E-state index in [1.165, 1.54) is 14.0 Å². The van der Waals surface area contributed by atoms with Crippen LogP contribution in [0.3, 0.4) is 0 Å². The molecule has 0 bridgehead atoms. The van der Waals surface area contributed by atoms with Gasteiger partial charge in [0.2, 0.25) is 5.91 Å². The largest absolute Gasteiger partial charge is 0.497 e. The molecular formula is C39H39N3O7. The zero-order valence-corrected chi connectivity index (χ0v) is 27.6. The number of amides is 2. The number of fused-ring (bicyclic) bond motifs is 4. The van der Waals surface area contributed by atoms with Gasteiger partial charge in [-0.1, -0.05) is 78.9 Å². The van der Waals surface area contributed by atoms with E-state index in [2.05, 4.69) is 15.6 Å². The fourth-order valence-corrected chi connectivity index (χ4v) is 6.56. The number of nitrogens with one attached hydrogen (secondary N) is 3. The molecule has 1 aliphatic rings. The molecule has 5 aromatic rings. The Kier molecular flexibility index (Phi) is 9.96. The molecule has 0 saturated carbocycles. The maximum atomic E-state index is 13.6. The summed E-state index contributed by atoms with van der Waals surface area (Å²) in [4.78, 5) is 43.2. The van der Waals surface area contributed by atoms with E-state index in [0.717, 1.165) is 55.7 Å². The van der Waals surface area contributed by atoms with Gasteiger partial charge in [-0.3, -0.25) is 4.79 Å². The number of aliphatic hydroxyl groups is 1. The van der Waals surface area contributed by atoms with E-state index in [1.54, 1.807) is 7.11 Å². The van der Waals surface area contributed by atoms with Crippen molar-refractivity contribution in [2.45, 2.75) is 43.9 Å². The highest BCUT2D eigenvalue weighted by molar-refractivity contribution is 5.91. The van der Waals surface area contributed by atoms with Gasteiger partial charge in [-0.25, -0.2) is 9.59 Å². The number of rotatable bonds is 12. The number of aliphatic hydroxyl groups excluding tert-OH is 1. The summed E-state index contributed by atoms with van der Waals surface area (Å²) in [6.45, 7) is 1.42. The lowest BCUT2D eigenvalue weighted by Crippen LogP contribution is -2.56. The summed E-state index contributed by atoms with van der Waals surface area (Å²) < 4.78 is 16.0. The van der Waals surface area contributed by atoms with Crippen molar-refractivity contribution in [1.82, 2.24) is 15.6 Å². The van der Waals surface area contributed by atoms with E-state index in [4.69, 9.17) is 14.2 Å². The summed E-state index contributed by atoms with van der Waals surface area (Å²) in [5.41, 5.74) is 7.88. The summed E-state index contributed by atoms with van der Waals surface area (Å²) >= 11 is 0. The van der Waals surface area contributed by atoms with Crippen LogP contribution in [0.1, 0.15) is 40.8 Å². The van der Waals surface area contributed by atoms with Gasteiger partial charge in [-0.15, -0.1) is 0 Å². The van der Waals surface area contributed by atoms with Crippen molar-refractivity contribution < 1.29 is 33.7 Å². The van der Waals surface area contributed by atoms with Crippen LogP contribution in [0.25, 0.3) is 22.0 Å². The predicted octanol–water partition coefficient (Wildman–Crippen LogP) is 5.26. The molecule has 0 fully saturated rings. The molecule has 10 heteroatoms. The van der Waals surface area contributed by atoms with Crippen LogP contribution in [0.2, 0.25) is 0 Å². The molecule has 0 aliphatic heterocycles. The number of hydrogen-bond donors (Lipinski definition) is 4. The maximum absolute atomic E-state index is 13.6. The molecule has 252 valence electrons. The average Bonchev–Trinajstić information content (AvgIpc) is 3.63. The van der Waals surface area contributed by atoms with Gasteiger partial charge in [-0.05, 0) is 58.5 Å². The molecule has 1 aliphatic carbocycles. The van der Waals surface area contributed by atoms with Crippen molar-refractivity contribution >= 4 is 28.9 Å². The number of para-hydroxylation sites is 1. The first-order chi connectivity index (χ1) is 23.8. The van der Waals surface area contributed by atoms with Crippen LogP contribution in [0.15, 0.2) is 97.1 Å². The second-order valence-electron chi connectivity index (χ2n) is 12.1. The van der Waals surface area contributed by atoms with Crippen molar-refractivity contribution in [2.24, 2.45) is 0 Å². The topological polar surface area (TPSA) is 139 Å². The monoisotopic (exact) mass is 661 g/mol. The van der Waals surface area contributed by atoms with E-state index in [-0.39, 0.29) is 18.9 Å². The first kappa shape index (κ1) is 33.3. The number of hydrogen-bond acceptors (Lipinski definition) is 7. The molecule has 0 saturated heterocycles. The molecule has 49 heavy (non-hydrogen) atoms. The molecule has 2 unspecified atom stereocenters. The van der Waals surface area contributed by atoms with Gasteiger partial charge in [0.05, 0.1) is 20.3 Å². The number of aromatic amines is 1. The highest BCUT2D eigenvalue weighted by atomic mass is 16.5. The molecule has 0 radical (unpaired) electrons. The summed E-state index contributed by atoms with van der Waals surface area (Å²) in [5.74, 6) is -0.854. The van der Waals surface area contributed by atoms with Crippen LogP contribution in [0.4, 0.5) is 4.79 Å². The van der Waals surface area contributed by atoms with E-state index < -0.39 is 36.2 Å². The van der Waals surface area contributed by atoms with Crippen molar-refractivity contribution in [3.63, 3.8) is 0 Å². The first-order valence-electron chi connectivity index (χ1n) is 16.2. The number of ether oxygens (including phenoxy) is 3. The molecule has 3 atom stereocenters. The van der Waals surface area contributed by atoms with E-state index >= 15 is 0 Å². The Bertz CT molecular complexity index is 1920. The number of carbonyl (C=O) groups excluding carboxylic acids is 3. The lowest BCUT2D eigenvalue weighted by atomic mass is 9.98. The number of esters is 1. The summed E-state index contributed by atoms with van der Waals surface area (Å²) in [5, 5.41) is 16.7. The van der Waals surface area contributed by atoms with Crippen LogP contribution < -0.4 is 15.4 Å². The molecule has 0 spiro atoms. The molecule has 10 nitrogen and oxygen atoms in total. The molecule has 4 N–H and O–H groups in total. The van der Waals surface area contributed by atoms with Crippen LogP contribution in [0.5, 0.6) is 5.75 Å². The maximum Gasteiger partial charge on any atom is 0.407 e. The number of benzene rings is 4. The Morgan fingerprint density at radius 2 is 1.47 bits per heavy atom. The second kappa shape index (κ2) is 14.7. The van der Waals surface area contributed by atoms with Crippen LogP contribution in [-0.2, 0) is 31.9 Å². The highest BCUT2D eigenvalue weighted by Crippen LogP contribution is 2.44. The third kappa shape index (κ3) is 7.14. The third-order valence-corrected chi connectivity index (χ3v) is 9.03. The van der Waals surface area contributed by atoms with Gasteiger partial charge in [0.25, 0.3) is 0 Å². The molecule has 1 aromatic heterocycles. The molecule has 2 amide bonds. The fraction of sp³-hybridized carbons (Fsp3) is 0.256. The van der Waals surface area contributed by atoms with Gasteiger partial charge >= 0.3 is 12.1 Å². The first-order valence-corrected chi connectivity index (χ1v) is 16.2. The molecule has 6 rings (SSSR count). The lowest BCUT2D eigenvalue weighted by Gasteiger charge is -2.24. The minimum Gasteiger partial charge on any atom is -0.497 e. The summed E-state index contributed by atoms with van der Waals surface area (Å²) in [7, 11) is 2.86. The molecular weight excluding hydrogens is 622 g/mol. The number of H-pyrrole nitrogens is 1. The number of alkyl carbamates (subject to hydrolysis) is 1. The van der Waals surface area contributed by atoms with Gasteiger partial charge in [0.1, 0.15) is 24.4 Å². The summed E-state index contributed by atoms with van der Waals surface area (Å²) in [6, 6.07) is 28.9. The Hall–Kier alpha value is -5.61. The second-order valence-corrected chi connectivity index (χ2v) is 12.1. The normalized spacial score (nSPS) is 13.9. The molecule has 4 aromatic carbocycles. The van der Waals surface area contributed by atoms with Crippen LogP contribution in [-0.4, -0.2) is 67.1 Å². The SMILES string of the molecule is COC(=O)[C@H](Cc1c(Cc2ccc(OC)cc2)[nH]c2ccccc12)NC(=O)C(NC(=O)OCC1c2ccccc2-c2ccccc21)C(C)O. The number of carbonyl (C=O) groups is 3. The fourth-order valence-electron chi connectivity index (χ4n) is 6.56. The Morgan fingerprint density at radius 1 is 0.837 bits per heavy atom. The lowest BCUT2D eigenvalue weighted by molar-refractivity contribution is -0.145. The third-order valence-electron chi connectivity index (χ3n) is 9.03. The van der Waals surface area contributed by atoms with Crippen molar-refractivity contribution in [2.75, 3.05) is 20.8 Å². The zero-order chi connectivity index (χ0) is 34.5. The quantitative estimate of drug-likeness (QED) is 0.134. The van der Waals surface area contributed by atoms with E-state index in [0.29, 0.717) is 6.42 Å². The molecule has 1 heterocycles. The smallest absolute Gasteiger partial charge is 0.407 e. The van der Waals surface area contributed by atoms with Crippen LogP contribution in [0, 0.1) is 0 Å². The summed E-state index contributed by atoms with van der Waals surface area (Å²) in [6.07, 6.45) is -1.52. The Balaban J connectivity index is 1.17. The van der Waals surface area contributed by atoms with Gasteiger partial charge < -0.3 is 34.9 Å². The average molecular weight is 662 g/mol. The highest BCUT2D eigenvalue weighted by Gasteiger charge is 2.33. The van der Waals surface area contributed by atoms with E-state index in [1.807, 2.05) is 97.1 Å². The van der Waals surface area contributed by atoms with Gasteiger partial charge in [-0.2, -0.15) is 0 Å². The number of aromatic nitrogens is 1. The Morgan fingerprint density at radius 3 is 2.10 bits per heavy atom. The van der Waals surface area contributed by atoms with E-state index in [9.17, 15) is 19.5 Å². The Labute approximate surface area is 284 Å². The predicted molar refractivity (Wildman–Crippen MR) is 185 cm³/mol. The van der Waals surface area contributed by atoms with Gasteiger partial charge in [0, 0.05) is 35.4 Å². The zero-order valence-electron chi connectivity index (χ0n) is 27.6. The van der Waals surface area contributed by atoms with Crippen molar-refractivity contribution in [3.8, 4) is 16.9 Å². The number of methoxy groups -OCH3 is 2.